The van der Waals surface area contributed by atoms with Crippen LogP contribution in [0.15, 0.2) is 29.2 Å². The van der Waals surface area contributed by atoms with Gasteiger partial charge in [-0.15, -0.1) is 5.10 Å². The maximum atomic E-state index is 12.7. The molecule has 2 aromatic rings. The third-order valence-corrected chi connectivity index (χ3v) is 4.78. The van der Waals surface area contributed by atoms with Gasteiger partial charge in [0.05, 0.1) is 0 Å². The first-order valence-electron chi connectivity index (χ1n) is 5.70. The van der Waals surface area contributed by atoms with E-state index in [2.05, 4.69) is 14.9 Å². The average Bonchev–Trinajstić information content (AvgIpc) is 2.96. The smallest absolute Gasteiger partial charge is 0.345 e. The van der Waals surface area contributed by atoms with Crippen LogP contribution in [0, 0.1) is 0 Å². The SMILES string of the molecule is O=S(c1ccc(NC(=S)c2snnc2C(F)F)cc1)C(F)(F)F. The molecule has 1 heterocycles. The standard InChI is InChI=1S/C11H6F5N3OS3/c12-9(13)7-8(22-19-18-7)10(21)17-5-1-3-6(4-2-5)23(20)11(14,15)16/h1-4,9H,(H,17,21). The maximum absolute atomic E-state index is 12.7. The molecule has 2 rings (SSSR count). The van der Waals surface area contributed by atoms with Crippen LogP contribution in [0.25, 0.3) is 0 Å². The molecule has 124 valence electrons. The highest BCUT2D eigenvalue weighted by Gasteiger charge is 2.37. The minimum absolute atomic E-state index is 0.0297. The molecule has 0 saturated heterocycles. The van der Waals surface area contributed by atoms with Crippen molar-refractivity contribution in [3.05, 3.63) is 34.8 Å². The summed E-state index contributed by atoms with van der Waals surface area (Å²) in [6.07, 6.45) is -2.85. The van der Waals surface area contributed by atoms with E-state index in [1.165, 1.54) is 12.1 Å². The fourth-order valence-electron chi connectivity index (χ4n) is 1.48. The molecule has 0 saturated carbocycles. The zero-order valence-corrected chi connectivity index (χ0v) is 13.3. The van der Waals surface area contributed by atoms with E-state index in [9.17, 15) is 26.2 Å². The number of nitrogens with zero attached hydrogens (tertiary/aromatic N) is 2. The molecule has 12 heteroatoms. The molecule has 1 unspecified atom stereocenters. The van der Waals surface area contributed by atoms with Gasteiger partial charge in [-0.2, -0.15) is 13.2 Å². The lowest BCUT2D eigenvalue weighted by Crippen LogP contribution is -2.16. The van der Waals surface area contributed by atoms with Gasteiger partial charge >= 0.3 is 5.51 Å². The number of nitrogens with one attached hydrogen (secondary N) is 1. The van der Waals surface area contributed by atoms with Crippen molar-refractivity contribution in [2.24, 2.45) is 0 Å². The number of anilines is 1. The molecule has 0 bridgehead atoms. The second-order valence-electron chi connectivity index (χ2n) is 3.98. The van der Waals surface area contributed by atoms with Crippen molar-refractivity contribution in [2.75, 3.05) is 5.32 Å². The maximum Gasteiger partial charge on any atom is 0.475 e. The molecular weight excluding hydrogens is 381 g/mol. The summed E-state index contributed by atoms with van der Waals surface area (Å²) in [5, 5.41) is 5.86. The second-order valence-corrected chi connectivity index (χ2v) is 6.62. The Kier molecular flexibility index (Phi) is 5.37. The number of aromatic nitrogens is 2. The Hall–Kier alpha value is -1.53. The van der Waals surface area contributed by atoms with Gasteiger partial charge in [0.1, 0.15) is 9.87 Å². The molecule has 0 aliphatic heterocycles. The largest absolute Gasteiger partial charge is 0.475 e. The highest BCUT2D eigenvalue weighted by molar-refractivity contribution is 7.86. The first-order chi connectivity index (χ1) is 10.7. The predicted molar refractivity (Wildman–Crippen MR) is 79.1 cm³/mol. The van der Waals surface area contributed by atoms with Crippen molar-refractivity contribution < 1.29 is 26.2 Å². The molecule has 0 radical (unpaired) electrons. The molecule has 4 nitrogen and oxygen atoms in total. The Morgan fingerprint density at radius 1 is 1.26 bits per heavy atom. The topological polar surface area (TPSA) is 54.9 Å². The zero-order valence-electron chi connectivity index (χ0n) is 10.8. The minimum Gasteiger partial charge on any atom is -0.345 e. The van der Waals surface area contributed by atoms with E-state index in [1.807, 2.05) is 0 Å². The normalized spacial score (nSPS) is 13.1. The van der Waals surface area contributed by atoms with Crippen LogP contribution in [0.5, 0.6) is 0 Å². The van der Waals surface area contributed by atoms with Gasteiger partial charge in [-0.1, -0.05) is 16.7 Å². The van der Waals surface area contributed by atoms with Crippen LogP contribution in [-0.4, -0.2) is 24.3 Å². The third kappa shape index (κ3) is 4.26. The van der Waals surface area contributed by atoms with Crippen LogP contribution in [0.1, 0.15) is 17.0 Å². The lowest BCUT2D eigenvalue weighted by molar-refractivity contribution is -0.0384. The average molecular weight is 387 g/mol. The van der Waals surface area contributed by atoms with E-state index < -0.39 is 33.3 Å². The van der Waals surface area contributed by atoms with E-state index >= 15 is 0 Å². The Morgan fingerprint density at radius 2 is 1.87 bits per heavy atom. The van der Waals surface area contributed by atoms with Crippen LogP contribution in [0.4, 0.5) is 27.6 Å². The lowest BCUT2D eigenvalue weighted by atomic mass is 10.3. The van der Waals surface area contributed by atoms with E-state index in [-0.39, 0.29) is 15.6 Å². The molecule has 23 heavy (non-hydrogen) atoms. The van der Waals surface area contributed by atoms with Crippen molar-refractivity contribution in [3.63, 3.8) is 0 Å². The number of hydrogen-bond donors (Lipinski definition) is 1. The molecule has 1 aromatic carbocycles. The molecule has 1 aromatic heterocycles. The first kappa shape index (κ1) is 17.8. The lowest BCUT2D eigenvalue weighted by Gasteiger charge is -2.09. The summed E-state index contributed by atoms with van der Waals surface area (Å²) in [5.74, 6) is 0. The van der Waals surface area contributed by atoms with Crippen LogP contribution >= 0.6 is 23.8 Å². The quantitative estimate of drug-likeness (QED) is 0.637. The zero-order chi connectivity index (χ0) is 17.2. The highest BCUT2D eigenvalue weighted by atomic mass is 32.2. The summed E-state index contributed by atoms with van der Waals surface area (Å²) in [6.45, 7) is 0. The predicted octanol–water partition coefficient (Wildman–Crippen LogP) is 3.89. The monoisotopic (exact) mass is 387 g/mol. The molecule has 0 aliphatic rings. The fourth-order valence-corrected chi connectivity index (χ4v) is 3.03. The summed E-state index contributed by atoms with van der Waals surface area (Å²) >= 11 is 5.63. The molecule has 0 fully saturated rings. The van der Waals surface area contributed by atoms with Gasteiger partial charge in [0.2, 0.25) is 0 Å². The minimum atomic E-state index is -4.86. The van der Waals surface area contributed by atoms with Gasteiger partial charge in [0, 0.05) is 10.6 Å². The van der Waals surface area contributed by atoms with Crippen molar-refractivity contribution in [3.8, 4) is 0 Å². The Balaban J connectivity index is 2.14. The molecule has 0 spiro atoms. The third-order valence-electron chi connectivity index (χ3n) is 2.46. The summed E-state index contributed by atoms with van der Waals surface area (Å²) in [4.78, 5) is -0.542. The van der Waals surface area contributed by atoms with Crippen LogP contribution in [-0.2, 0) is 10.8 Å². The van der Waals surface area contributed by atoms with Crippen molar-refractivity contribution in [1.29, 1.82) is 0 Å². The van der Waals surface area contributed by atoms with Crippen LogP contribution < -0.4 is 5.32 Å². The number of benzene rings is 1. The number of thiocarbonyl (C=S) groups is 1. The summed E-state index contributed by atoms with van der Waals surface area (Å²) in [7, 11) is -3.14. The first-order valence-corrected chi connectivity index (χ1v) is 8.03. The summed E-state index contributed by atoms with van der Waals surface area (Å²) in [5.41, 5.74) is -5.17. The molecule has 1 N–H and O–H groups in total. The van der Waals surface area contributed by atoms with Gasteiger partial charge < -0.3 is 5.32 Å². The van der Waals surface area contributed by atoms with E-state index in [0.717, 1.165) is 12.1 Å². The molecule has 0 aliphatic carbocycles. The number of hydrogen-bond acceptors (Lipinski definition) is 5. The molecule has 0 amide bonds. The highest BCUT2D eigenvalue weighted by Crippen LogP contribution is 2.28. The van der Waals surface area contributed by atoms with Gasteiger partial charge in [0.25, 0.3) is 6.43 Å². The van der Waals surface area contributed by atoms with Gasteiger partial charge in [0.15, 0.2) is 16.5 Å². The Bertz CT molecular complexity index is 729. The van der Waals surface area contributed by atoms with E-state index in [0.29, 0.717) is 11.5 Å². The molecule has 1 atom stereocenters. The Labute approximate surface area is 138 Å². The fraction of sp³-hybridized carbons (Fsp3) is 0.182. The number of halogens is 5. The van der Waals surface area contributed by atoms with Gasteiger partial charge in [-0.25, -0.2) is 13.0 Å². The van der Waals surface area contributed by atoms with Crippen LogP contribution in [0.2, 0.25) is 0 Å². The van der Waals surface area contributed by atoms with E-state index in [1.54, 1.807) is 0 Å². The van der Waals surface area contributed by atoms with Gasteiger partial charge in [-0.05, 0) is 35.8 Å². The van der Waals surface area contributed by atoms with E-state index in [4.69, 9.17) is 12.2 Å². The summed E-state index contributed by atoms with van der Waals surface area (Å²) < 4.78 is 76.9. The Morgan fingerprint density at radius 3 is 2.39 bits per heavy atom. The van der Waals surface area contributed by atoms with Crippen molar-refractivity contribution in [2.45, 2.75) is 16.8 Å². The summed E-state index contributed by atoms with van der Waals surface area (Å²) in [6, 6.07) is 4.44. The second kappa shape index (κ2) is 6.93. The number of alkyl halides is 5. The van der Waals surface area contributed by atoms with Crippen molar-refractivity contribution >= 4 is 45.2 Å². The van der Waals surface area contributed by atoms with Crippen LogP contribution in [0.3, 0.4) is 0 Å². The van der Waals surface area contributed by atoms with Crippen molar-refractivity contribution in [1.82, 2.24) is 9.59 Å². The number of rotatable bonds is 4. The van der Waals surface area contributed by atoms with Gasteiger partial charge in [-0.3, -0.25) is 0 Å². The molecular formula is C11H6F5N3OS3.